The molecule has 0 aromatic carbocycles. The minimum Gasteiger partial charge on any atom is -0.379 e. The van der Waals surface area contributed by atoms with Crippen molar-refractivity contribution in [3.63, 3.8) is 0 Å². The van der Waals surface area contributed by atoms with Gasteiger partial charge >= 0.3 is 6.03 Å². The molecule has 1 N–H and O–H groups in total. The summed E-state index contributed by atoms with van der Waals surface area (Å²) in [6.07, 6.45) is 2.69. The van der Waals surface area contributed by atoms with Crippen LogP contribution < -0.4 is 5.32 Å². The molecule has 4 heteroatoms. The monoisotopic (exact) mass is 184 g/mol. The molecule has 0 aromatic heterocycles. The van der Waals surface area contributed by atoms with Gasteiger partial charge in [-0.15, -0.1) is 6.58 Å². The van der Waals surface area contributed by atoms with E-state index in [4.69, 9.17) is 4.74 Å². The minimum atomic E-state index is 0.0207. The number of amides is 2. The van der Waals surface area contributed by atoms with Crippen molar-refractivity contribution in [1.82, 2.24) is 10.2 Å². The van der Waals surface area contributed by atoms with Gasteiger partial charge in [-0.1, -0.05) is 6.08 Å². The largest absolute Gasteiger partial charge is 0.379 e. The molecule has 1 fully saturated rings. The Kier molecular flexibility index (Phi) is 4.32. The summed E-state index contributed by atoms with van der Waals surface area (Å²) in [4.78, 5) is 12.8. The first-order valence-corrected chi connectivity index (χ1v) is 4.56. The van der Waals surface area contributed by atoms with E-state index in [1.807, 2.05) is 6.08 Å². The third-order valence-electron chi connectivity index (χ3n) is 1.92. The van der Waals surface area contributed by atoms with Gasteiger partial charge in [0.25, 0.3) is 0 Å². The van der Waals surface area contributed by atoms with E-state index >= 15 is 0 Å². The van der Waals surface area contributed by atoms with Crippen molar-refractivity contribution in [1.29, 1.82) is 0 Å². The third-order valence-corrected chi connectivity index (χ3v) is 1.92. The van der Waals surface area contributed by atoms with Crippen molar-refractivity contribution >= 4 is 6.03 Å². The van der Waals surface area contributed by atoms with Crippen LogP contribution in [-0.4, -0.2) is 43.8 Å². The molecule has 13 heavy (non-hydrogen) atoms. The molecule has 4 nitrogen and oxygen atoms in total. The van der Waals surface area contributed by atoms with Gasteiger partial charge in [-0.05, 0) is 6.42 Å². The van der Waals surface area contributed by atoms with E-state index in [0.29, 0.717) is 19.8 Å². The SMILES string of the molecule is C=CCCOCCN1CCNC1=O. The van der Waals surface area contributed by atoms with Crippen LogP contribution in [0.25, 0.3) is 0 Å². The number of carbonyl (C=O) groups is 1. The lowest BCUT2D eigenvalue weighted by atomic mass is 10.4. The number of carbonyl (C=O) groups excluding carboxylic acids is 1. The van der Waals surface area contributed by atoms with Crippen LogP contribution in [0.5, 0.6) is 0 Å². The Morgan fingerprint density at radius 1 is 1.62 bits per heavy atom. The predicted molar refractivity (Wildman–Crippen MR) is 50.6 cm³/mol. The summed E-state index contributed by atoms with van der Waals surface area (Å²) in [5.41, 5.74) is 0. The summed E-state index contributed by atoms with van der Waals surface area (Å²) in [6.45, 7) is 7.13. The maximum atomic E-state index is 11.0. The normalized spacial score (nSPS) is 16.0. The standard InChI is InChI=1S/C9H16N2O2/c1-2-3-7-13-8-6-11-5-4-10-9(11)12/h2H,1,3-8H2,(H,10,12). The summed E-state index contributed by atoms with van der Waals surface area (Å²) >= 11 is 0. The Balaban J connectivity index is 1.99. The van der Waals surface area contributed by atoms with Crippen LogP contribution in [0.15, 0.2) is 12.7 Å². The highest BCUT2D eigenvalue weighted by atomic mass is 16.5. The van der Waals surface area contributed by atoms with Gasteiger partial charge in [0.05, 0.1) is 13.2 Å². The highest BCUT2D eigenvalue weighted by Crippen LogP contribution is 1.95. The fourth-order valence-corrected chi connectivity index (χ4v) is 1.17. The maximum absolute atomic E-state index is 11.0. The fourth-order valence-electron chi connectivity index (χ4n) is 1.17. The molecular formula is C9H16N2O2. The predicted octanol–water partition coefficient (Wildman–Crippen LogP) is 0.604. The summed E-state index contributed by atoms with van der Waals surface area (Å²) in [5.74, 6) is 0. The molecule has 0 saturated carbocycles. The Morgan fingerprint density at radius 2 is 2.46 bits per heavy atom. The average molecular weight is 184 g/mol. The van der Waals surface area contributed by atoms with Crippen LogP contribution in [0.1, 0.15) is 6.42 Å². The van der Waals surface area contributed by atoms with E-state index < -0.39 is 0 Å². The zero-order valence-corrected chi connectivity index (χ0v) is 7.79. The van der Waals surface area contributed by atoms with Crippen molar-refractivity contribution in [3.05, 3.63) is 12.7 Å². The van der Waals surface area contributed by atoms with Crippen molar-refractivity contribution < 1.29 is 9.53 Å². The topological polar surface area (TPSA) is 41.6 Å². The second-order valence-electron chi connectivity index (χ2n) is 2.91. The molecule has 0 aliphatic carbocycles. The lowest BCUT2D eigenvalue weighted by molar-refractivity contribution is 0.119. The Morgan fingerprint density at radius 3 is 3.08 bits per heavy atom. The molecule has 1 rings (SSSR count). The van der Waals surface area contributed by atoms with E-state index in [-0.39, 0.29) is 6.03 Å². The van der Waals surface area contributed by atoms with Crippen LogP contribution in [0.2, 0.25) is 0 Å². The van der Waals surface area contributed by atoms with Crippen LogP contribution >= 0.6 is 0 Å². The van der Waals surface area contributed by atoms with E-state index in [9.17, 15) is 4.79 Å². The molecule has 0 bridgehead atoms. The van der Waals surface area contributed by atoms with Crippen molar-refractivity contribution in [2.24, 2.45) is 0 Å². The molecule has 74 valence electrons. The van der Waals surface area contributed by atoms with Crippen LogP contribution in [0.3, 0.4) is 0 Å². The minimum absolute atomic E-state index is 0.0207. The van der Waals surface area contributed by atoms with E-state index in [1.165, 1.54) is 0 Å². The van der Waals surface area contributed by atoms with Gasteiger partial charge in [-0.25, -0.2) is 4.79 Å². The molecule has 1 aliphatic heterocycles. The van der Waals surface area contributed by atoms with Gasteiger partial charge in [0.15, 0.2) is 0 Å². The van der Waals surface area contributed by atoms with Gasteiger partial charge in [0, 0.05) is 19.6 Å². The van der Waals surface area contributed by atoms with Gasteiger partial charge in [-0.2, -0.15) is 0 Å². The van der Waals surface area contributed by atoms with E-state index in [2.05, 4.69) is 11.9 Å². The molecule has 0 atom stereocenters. The zero-order chi connectivity index (χ0) is 9.52. The maximum Gasteiger partial charge on any atom is 0.317 e. The zero-order valence-electron chi connectivity index (χ0n) is 7.79. The molecular weight excluding hydrogens is 168 g/mol. The number of hydrogen-bond acceptors (Lipinski definition) is 2. The highest BCUT2D eigenvalue weighted by molar-refractivity contribution is 5.76. The van der Waals surface area contributed by atoms with Crippen molar-refractivity contribution in [2.75, 3.05) is 32.8 Å². The molecule has 1 heterocycles. The molecule has 1 aliphatic rings. The average Bonchev–Trinajstić information content (AvgIpc) is 2.52. The highest BCUT2D eigenvalue weighted by Gasteiger charge is 2.18. The quantitative estimate of drug-likeness (QED) is 0.485. The number of ether oxygens (including phenoxy) is 1. The Hall–Kier alpha value is -1.03. The Bertz CT molecular complexity index is 182. The van der Waals surface area contributed by atoms with Crippen LogP contribution in [0.4, 0.5) is 4.79 Å². The van der Waals surface area contributed by atoms with Crippen molar-refractivity contribution in [3.8, 4) is 0 Å². The summed E-state index contributed by atoms with van der Waals surface area (Å²) in [7, 11) is 0. The lowest BCUT2D eigenvalue weighted by Gasteiger charge is -2.13. The second kappa shape index (κ2) is 5.59. The molecule has 0 unspecified atom stereocenters. The first-order valence-electron chi connectivity index (χ1n) is 4.56. The first-order chi connectivity index (χ1) is 6.34. The van der Waals surface area contributed by atoms with Gasteiger partial charge < -0.3 is 15.0 Å². The fraction of sp³-hybridized carbons (Fsp3) is 0.667. The molecule has 0 aromatic rings. The summed E-state index contributed by atoms with van der Waals surface area (Å²) in [6, 6.07) is 0.0207. The lowest BCUT2D eigenvalue weighted by Crippen LogP contribution is -2.31. The first kappa shape index (κ1) is 10.1. The third kappa shape index (κ3) is 3.46. The van der Waals surface area contributed by atoms with Gasteiger partial charge in [0.2, 0.25) is 0 Å². The van der Waals surface area contributed by atoms with E-state index in [0.717, 1.165) is 19.5 Å². The number of rotatable bonds is 6. The number of nitrogens with one attached hydrogen (secondary N) is 1. The van der Waals surface area contributed by atoms with Crippen molar-refractivity contribution in [2.45, 2.75) is 6.42 Å². The number of nitrogens with zero attached hydrogens (tertiary/aromatic N) is 1. The molecule has 0 radical (unpaired) electrons. The van der Waals surface area contributed by atoms with Crippen LogP contribution in [0, 0.1) is 0 Å². The Labute approximate surface area is 78.5 Å². The summed E-state index contributed by atoms with van der Waals surface area (Å²) < 4.78 is 5.29. The molecule has 0 spiro atoms. The number of urea groups is 1. The number of hydrogen-bond donors (Lipinski definition) is 1. The van der Waals surface area contributed by atoms with Gasteiger partial charge in [0.1, 0.15) is 0 Å². The summed E-state index contributed by atoms with van der Waals surface area (Å²) in [5, 5.41) is 2.74. The smallest absolute Gasteiger partial charge is 0.317 e. The molecule has 2 amide bonds. The second-order valence-corrected chi connectivity index (χ2v) is 2.91. The van der Waals surface area contributed by atoms with Gasteiger partial charge in [-0.3, -0.25) is 0 Å². The van der Waals surface area contributed by atoms with E-state index in [1.54, 1.807) is 4.90 Å². The molecule has 1 saturated heterocycles. The van der Waals surface area contributed by atoms with Crippen LogP contribution in [-0.2, 0) is 4.74 Å².